The molecule has 0 aliphatic carbocycles. The Balaban J connectivity index is 1.24. The van der Waals surface area contributed by atoms with Gasteiger partial charge in [-0.15, -0.1) is 6.42 Å². The van der Waals surface area contributed by atoms with Crippen molar-refractivity contribution in [3.05, 3.63) is 54.0 Å². The van der Waals surface area contributed by atoms with Crippen LogP contribution in [0.2, 0.25) is 0 Å². The summed E-state index contributed by atoms with van der Waals surface area (Å²) in [4.78, 5) is 22.7. The van der Waals surface area contributed by atoms with E-state index in [0.29, 0.717) is 30.7 Å². The van der Waals surface area contributed by atoms with E-state index in [-0.39, 0.29) is 6.04 Å². The number of likely N-dealkylation sites (N-methyl/N-ethyl adjacent to an activating group) is 1. The minimum absolute atomic E-state index is 0.225. The van der Waals surface area contributed by atoms with E-state index in [2.05, 4.69) is 37.7 Å². The van der Waals surface area contributed by atoms with Gasteiger partial charge in [0.1, 0.15) is 25.2 Å². The van der Waals surface area contributed by atoms with Crippen LogP contribution < -0.4 is 9.47 Å². The average Bonchev–Trinajstić information content (AvgIpc) is 3.55. The Morgan fingerprint density at radius 3 is 2.97 bits per heavy atom. The number of fused-ring (bicyclic) bond motifs is 1. The van der Waals surface area contributed by atoms with E-state index in [1.165, 1.54) is 0 Å². The minimum Gasteiger partial charge on any atom is -0.484 e. The number of rotatable bonds is 7. The quantitative estimate of drug-likeness (QED) is 0.512. The molecule has 3 aromatic rings. The van der Waals surface area contributed by atoms with E-state index in [1.807, 2.05) is 24.4 Å². The number of hydrogen-bond acceptors (Lipinski definition) is 8. The lowest BCUT2D eigenvalue weighted by atomic mass is 10.1. The fourth-order valence-corrected chi connectivity index (χ4v) is 4.33. The minimum atomic E-state index is 0.225. The van der Waals surface area contributed by atoms with Crippen LogP contribution in [-0.2, 0) is 6.54 Å². The van der Waals surface area contributed by atoms with Gasteiger partial charge in [0.15, 0.2) is 5.75 Å². The molecule has 1 fully saturated rings. The van der Waals surface area contributed by atoms with Crippen LogP contribution >= 0.6 is 0 Å². The molecule has 0 spiro atoms. The standard InChI is InChI=1S/C24H27N7O2/c1-3-18-15-20(28-24(27-18)31-10-8-25-17-31)21-5-4-9-30(21)12-11-29(2)16-19-6-7-22-23(26-19)33-14-13-32-22/h1,6-8,10,15,17,21H,4-5,9,11-14,16H2,2H3. The molecule has 0 radical (unpaired) electrons. The van der Waals surface area contributed by atoms with Crippen LogP contribution in [0.3, 0.4) is 0 Å². The lowest BCUT2D eigenvalue weighted by Gasteiger charge is -2.27. The normalized spacial score (nSPS) is 17.9. The van der Waals surface area contributed by atoms with Crippen LogP contribution in [0.15, 0.2) is 36.9 Å². The van der Waals surface area contributed by atoms with Crippen molar-refractivity contribution in [2.45, 2.75) is 25.4 Å². The monoisotopic (exact) mass is 445 g/mol. The fraction of sp³-hybridized carbons (Fsp3) is 0.417. The predicted octanol–water partition coefficient (Wildman–Crippen LogP) is 2.08. The average molecular weight is 446 g/mol. The van der Waals surface area contributed by atoms with Gasteiger partial charge in [0.05, 0.1) is 17.4 Å². The van der Waals surface area contributed by atoms with Gasteiger partial charge in [-0.2, -0.15) is 0 Å². The molecule has 0 saturated carbocycles. The van der Waals surface area contributed by atoms with Gasteiger partial charge in [-0.3, -0.25) is 14.4 Å². The van der Waals surface area contributed by atoms with E-state index in [1.54, 1.807) is 17.1 Å². The first kappa shape index (κ1) is 21.4. The maximum Gasteiger partial charge on any atom is 0.257 e. The van der Waals surface area contributed by atoms with Crippen molar-refractivity contribution in [1.82, 2.24) is 34.3 Å². The van der Waals surface area contributed by atoms with Crippen molar-refractivity contribution in [2.24, 2.45) is 0 Å². The zero-order valence-electron chi connectivity index (χ0n) is 18.7. The van der Waals surface area contributed by atoms with Crippen molar-refractivity contribution in [2.75, 3.05) is 39.9 Å². The molecule has 1 saturated heterocycles. The molecule has 0 aromatic carbocycles. The highest BCUT2D eigenvalue weighted by Crippen LogP contribution is 2.31. The number of hydrogen-bond donors (Lipinski definition) is 0. The van der Waals surface area contributed by atoms with Gasteiger partial charge >= 0.3 is 0 Å². The van der Waals surface area contributed by atoms with Gasteiger partial charge in [-0.25, -0.2) is 19.9 Å². The lowest BCUT2D eigenvalue weighted by molar-refractivity contribution is 0.163. The largest absolute Gasteiger partial charge is 0.484 e. The van der Waals surface area contributed by atoms with Gasteiger partial charge in [0, 0.05) is 32.0 Å². The van der Waals surface area contributed by atoms with Gasteiger partial charge in [0.2, 0.25) is 5.95 Å². The third-order valence-corrected chi connectivity index (χ3v) is 5.99. The predicted molar refractivity (Wildman–Crippen MR) is 122 cm³/mol. The molecule has 1 unspecified atom stereocenters. The third-order valence-electron chi connectivity index (χ3n) is 5.99. The summed E-state index contributed by atoms with van der Waals surface area (Å²) in [5.74, 6) is 4.54. The summed E-state index contributed by atoms with van der Waals surface area (Å²) in [7, 11) is 2.11. The summed E-state index contributed by atoms with van der Waals surface area (Å²) < 4.78 is 13.0. The van der Waals surface area contributed by atoms with E-state index in [9.17, 15) is 0 Å². The molecule has 0 N–H and O–H groups in total. The van der Waals surface area contributed by atoms with Crippen LogP contribution in [0.1, 0.15) is 36.0 Å². The summed E-state index contributed by atoms with van der Waals surface area (Å²) in [6, 6.07) is 6.11. The highest BCUT2D eigenvalue weighted by Gasteiger charge is 2.28. The van der Waals surface area contributed by atoms with E-state index < -0.39 is 0 Å². The Hall–Kier alpha value is -3.48. The molecule has 170 valence electrons. The van der Waals surface area contributed by atoms with Crippen molar-refractivity contribution >= 4 is 0 Å². The van der Waals surface area contributed by atoms with Gasteiger partial charge in [-0.1, -0.05) is 5.92 Å². The zero-order valence-corrected chi connectivity index (χ0v) is 18.7. The smallest absolute Gasteiger partial charge is 0.257 e. The molecule has 1 atom stereocenters. The maximum absolute atomic E-state index is 5.68. The highest BCUT2D eigenvalue weighted by molar-refractivity contribution is 5.36. The van der Waals surface area contributed by atoms with Crippen molar-refractivity contribution in [1.29, 1.82) is 0 Å². The van der Waals surface area contributed by atoms with Gasteiger partial charge in [0.25, 0.3) is 5.88 Å². The fourth-order valence-electron chi connectivity index (χ4n) is 4.33. The number of terminal acetylenes is 1. The summed E-state index contributed by atoms with van der Waals surface area (Å²) in [6.07, 6.45) is 13.1. The Morgan fingerprint density at radius 1 is 1.21 bits per heavy atom. The molecular formula is C24H27N7O2. The molecule has 9 nitrogen and oxygen atoms in total. The first-order chi connectivity index (χ1) is 16.2. The van der Waals surface area contributed by atoms with Gasteiger partial charge < -0.3 is 9.47 Å². The molecule has 5 heterocycles. The first-order valence-corrected chi connectivity index (χ1v) is 11.2. The lowest BCUT2D eigenvalue weighted by Crippen LogP contribution is -2.33. The van der Waals surface area contributed by atoms with Crippen LogP contribution in [-0.4, -0.2) is 74.2 Å². The Kier molecular flexibility index (Phi) is 6.19. The summed E-state index contributed by atoms with van der Waals surface area (Å²) in [5, 5.41) is 0. The molecule has 2 aliphatic rings. The molecule has 0 amide bonds. The van der Waals surface area contributed by atoms with E-state index in [0.717, 1.165) is 56.2 Å². The number of nitrogens with zero attached hydrogens (tertiary/aromatic N) is 7. The first-order valence-electron chi connectivity index (χ1n) is 11.2. The number of imidazole rings is 1. The van der Waals surface area contributed by atoms with Crippen LogP contribution in [0.25, 0.3) is 5.95 Å². The molecule has 5 rings (SSSR count). The summed E-state index contributed by atoms with van der Waals surface area (Å²) in [6.45, 7) is 4.74. The number of pyridine rings is 1. The molecule has 9 heteroatoms. The molecule has 0 bridgehead atoms. The van der Waals surface area contributed by atoms with Crippen LogP contribution in [0.4, 0.5) is 0 Å². The number of likely N-dealkylation sites (tertiary alicyclic amines) is 1. The Morgan fingerprint density at radius 2 is 2.12 bits per heavy atom. The zero-order chi connectivity index (χ0) is 22.6. The van der Waals surface area contributed by atoms with E-state index >= 15 is 0 Å². The van der Waals surface area contributed by atoms with Crippen molar-refractivity contribution in [3.63, 3.8) is 0 Å². The molecular weight excluding hydrogens is 418 g/mol. The van der Waals surface area contributed by atoms with Crippen molar-refractivity contribution in [3.8, 4) is 29.9 Å². The number of aromatic nitrogens is 5. The second kappa shape index (κ2) is 9.57. The summed E-state index contributed by atoms with van der Waals surface area (Å²) >= 11 is 0. The molecule has 33 heavy (non-hydrogen) atoms. The summed E-state index contributed by atoms with van der Waals surface area (Å²) in [5.41, 5.74) is 2.53. The molecule has 3 aromatic heterocycles. The second-order valence-corrected chi connectivity index (χ2v) is 8.33. The van der Waals surface area contributed by atoms with Crippen molar-refractivity contribution < 1.29 is 9.47 Å². The topological polar surface area (TPSA) is 81.4 Å². The molecule has 2 aliphatic heterocycles. The van der Waals surface area contributed by atoms with E-state index in [4.69, 9.17) is 20.9 Å². The third kappa shape index (κ3) is 4.82. The number of ether oxygens (including phenoxy) is 2. The maximum atomic E-state index is 5.68. The second-order valence-electron chi connectivity index (χ2n) is 8.33. The van der Waals surface area contributed by atoms with Crippen LogP contribution in [0, 0.1) is 12.3 Å². The SMILES string of the molecule is C#Cc1cc(C2CCCN2CCN(C)Cc2ccc3c(n2)OCCO3)nc(-n2ccnc2)n1. The van der Waals surface area contributed by atoms with Crippen LogP contribution in [0.5, 0.6) is 11.6 Å². The Labute approximate surface area is 193 Å². The van der Waals surface area contributed by atoms with Gasteiger partial charge in [-0.05, 0) is 44.6 Å². The highest BCUT2D eigenvalue weighted by atomic mass is 16.6. The Bertz CT molecular complexity index is 1140.